The molecule has 0 aliphatic carbocycles. The first-order valence-electron chi connectivity index (χ1n) is 29.1. The van der Waals surface area contributed by atoms with Crippen molar-refractivity contribution in [3.05, 3.63) is 277 Å². The summed E-state index contributed by atoms with van der Waals surface area (Å²) >= 11 is 0. The fraction of sp³-hybridized carbons (Fsp3) is 0.0526. The standard InChI is InChI=1S/C76H48F6N8/c1-45-26-32-63-57(38-45)58-39-46(2)27-33-64(58)89(63)67-34-28-53(41-61(67)73-85-69(47-16-7-3-8-17-47)83-70(86-73)48-18-9-4-10-19-48)51-24-15-25-52(40-51)54-29-35-68(62(42-54)74-87-71(49-20-11-5-12-21-49)84-72(88-74)50-22-13-6-14-23-50)90-65-36-30-55(75(77,78)79)43-59(65)60-44-56(76(80,81)82)31-37-66(60)90/h3-44H,1-2H3. The van der Waals surface area contributed by atoms with Gasteiger partial charge in [-0.2, -0.15) is 26.3 Å². The first kappa shape index (κ1) is 55.2. The van der Waals surface area contributed by atoms with E-state index in [-0.39, 0.29) is 27.6 Å². The van der Waals surface area contributed by atoms with Gasteiger partial charge in [0, 0.05) is 54.9 Å². The average Bonchev–Trinajstić information content (AvgIpc) is 1.63. The second-order valence-electron chi connectivity index (χ2n) is 22.3. The molecule has 0 saturated heterocycles. The van der Waals surface area contributed by atoms with E-state index in [1.165, 1.54) is 12.1 Å². The molecular formula is C76H48F6N8. The summed E-state index contributed by atoms with van der Waals surface area (Å²) in [4.78, 5) is 30.9. The molecule has 0 unspecified atom stereocenters. The van der Waals surface area contributed by atoms with Crippen LogP contribution in [0.25, 0.3) is 146 Å². The van der Waals surface area contributed by atoms with Crippen LogP contribution in [-0.2, 0) is 12.4 Å². The Kier molecular flexibility index (Phi) is 13.4. The normalized spacial score (nSPS) is 12.0. The number of halogens is 6. The quantitative estimate of drug-likeness (QED) is 0.127. The Hall–Kier alpha value is -11.4. The number of hydrogen-bond acceptors (Lipinski definition) is 6. The number of aromatic nitrogens is 8. The van der Waals surface area contributed by atoms with Crippen molar-refractivity contribution in [1.82, 2.24) is 39.0 Å². The maximum absolute atomic E-state index is 14.5. The van der Waals surface area contributed by atoms with E-state index in [4.69, 9.17) is 29.9 Å². The van der Waals surface area contributed by atoms with Gasteiger partial charge in [-0.1, -0.05) is 175 Å². The third kappa shape index (κ3) is 10.1. The fourth-order valence-electron chi connectivity index (χ4n) is 12.1. The van der Waals surface area contributed by atoms with Crippen LogP contribution in [0.15, 0.2) is 255 Å². The highest BCUT2D eigenvalue weighted by molar-refractivity contribution is 6.11. The summed E-state index contributed by atoms with van der Waals surface area (Å²) < 4.78 is 91.1. The van der Waals surface area contributed by atoms with Crippen LogP contribution in [0.2, 0.25) is 0 Å². The Bertz CT molecular complexity index is 5050. The number of aryl methyl sites for hydroxylation is 2. The molecule has 0 aliphatic rings. The molecule has 15 aromatic rings. The number of alkyl halides is 6. The molecule has 0 N–H and O–H groups in total. The Balaban J connectivity index is 0.957. The van der Waals surface area contributed by atoms with Crippen LogP contribution >= 0.6 is 0 Å². The molecule has 14 heteroatoms. The van der Waals surface area contributed by atoms with E-state index in [9.17, 15) is 26.3 Å². The molecule has 0 bridgehead atoms. The number of benzene rings is 11. The van der Waals surface area contributed by atoms with Gasteiger partial charge in [-0.25, -0.2) is 29.9 Å². The molecule has 90 heavy (non-hydrogen) atoms. The first-order valence-corrected chi connectivity index (χ1v) is 29.1. The van der Waals surface area contributed by atoms with Gasteiger partial charge in [0.15, 0.2) is 34.9 Å². The Morgan fingerprint density at radius 3 is 0.878 bits per heavy atom. The van der Waals surface area contributed by atoms with Crippen molar-refractivity contribution in [3.63, 3.8) is 0 Å². The Morgan fingerprint density at radius 1 is 0.256 bits per heavy atom. The zero-order chi connectivity index (χ0) is 61.4. The van der Waals surface area contributed by atoms with Crippen molar-refractivity contribution < 1.29 is 26.3 Å². The lowest BCUT2D eigenvalue weighted by Gasteiger charge is -2.17. The minimum Gasteiger partial charge on any atom is -0.309 e. The molecule has 0 amide bonds. The van der Waals surface area contributed by atoms with Gasteiger partial charge in [0.05, 0.1) is 44.6 Å². The number of nitrogens with zero attached hydrogens (tertiary/aromatic N) is 8. The van der Waals surface area contributed by atoms with Crippen LogP contribution in [0.3, 0.4) is 0 Å². The zero-order valence-corrected chi connectivity index (χ0v) is 48.1. The topological polar surface area (TPSA) is 87.2 Å². The van der Waals surface area contributed by atoms with Crippen LogP contribution in [0, 0.1) is 13.8 Å². The van der Waals surface area contributed by atoms with Gasteiger partial charge < -0.3 is 9.13 Å². The number of rotatable bonds is 10. The van der Waals surface area contributed by atoms with E-state index < -0.39 is 23.5 Å². The predicted octanol–water partition coefficient (Wildman–Crippen LogP) is 20.2. The summed E-state index contributed by atoms with van der Waals surface area (Å²) in [6.07, 6.45) is -9.56. The minimum absolute atomic E-state index is 0.0160. The average molecular weight is 1190 g/mol. The van der Waals surface area contributed by atoms with Crippen molar-refractivity contribution >= 4 is 43.6 Å². The highest BCUT2D eigenvalue weighted by atomic mass is 19.4. The molecule has 4 heterocycles. The van der Waals surface area contributed by atoms with Crippen LogP contribution < -0.4 is 0 Å². The lowest BCUT2D eigenvalue weighted by Crippen LogP contribution is -2.05. The SMILES string of the molecule is Cc1ccc2c(c1)c1cc(C)ccc1n2-c1ccc(-c2cccc(-c3ccc(-n4c5ccc(C(F)(F)F)cc5c5cc(C(F)(F)F)ccc54)c(-c4nc(-c5ccccc5)nc(-c5ccccc5)n4)c3)c2)cc1-c1nc(-c2ccccc2)nc(-c2ccccc2)n1. The summed E-state index contributed by atoms with van der Waals surface area (Å²) in [6, 6.07) is 77.9. The first-order chi connectivity index (χ1) is 43.7. The van der Waals surface area contributed by atoms with E-state index in [0.29, 0.717) is 57.1 Å². The molecule has 4 aromatic heterocycles. The van der Waals surface area contributed by atoms with Crippen LogP contribution in [0.4, 0.5) is 26.3 Å². The van der Waals surface area contributed by atoms with Crippen molar-refractivity contribution in [2.75, 3.05) is 0 Å². The molecule has 0 radical (unpaired) electrons. The zero-order valence-electron chi connectivity index (χ0n) is 48.1. The fourth-order valence-corrected chi connectivity index (χ4v) is 12.1. The molecule has 0 saturated carbocycles. The molecule has 11 aromatic carbocycles. The Labute approximate surface area is 511 Å². The summed E-state index contributed by atoms with van der Waals surface area (Å²) in [6.45, 7) is 4.20. The minimum atomic E-state index is -4.78. The number of fused-ring (bicyclic) bond motifs is 6. The van der Waals surface area contributed by atoms with Gasteiger partial charge in [-0.15, -0.1) is 0 Å². The molecule has 0 atom stereocenters. The van der Waals surface area contributed by atoms with Gasteiger partial charge in [0.25, 0.3) is 0 Å². The summed E-state index contributed by atoms with van der Waals surface area (Å²) in [5, 5.41) is 2.19. The molecule has 8 nitrogen and oxygen atoms in total. The molecule has 15 rings (SSSR count). The van der Waals surface area contributed by atoms with E-state index in [1.54, 1.807) is 4.57 Å². The molecule has 434 valence electrons. The highest BCUT2D eigenvalue weighted by Gasteiger charge is 2.34. The van der Waals surface area contributed by atoms with Gasteiger partial charge in [0.2, 0.25) is 0 Å². The summed E-state index contributed by atoms with van der Waals surface area (Å²) in [7, 11) is 0. The van der Waals surface area contributed by atoms with Crippen molar-refractivity contribution in [2.45, 2.75) is 26.2 Å². The van der Waals surface area contributed by atoms with Crippen molar-refractivity contribution in [2.24, 2.45) is 0 Å². The van der Waals surface area contributed by atoms with Gasteiger partial charge in [-0.05, 0) is 127 Å². The maximum atomic E-state index is 14.5. The summed E-state index contributed by atoms with van der Waals surface area (Å²) in [5.41, 5.74) is 11.4. The van der Waals surface area contributed by atoms with Crippen LogP contribution in [0.1, 0.15) is 22.3 Å². The smallest absolute Gasteiger partial charge is 0.309 e. The second kappa shape index (κ2) is 21.8. The predicted molar refractivity (Wildman–Crippen MR) is 345 cm³/mol. The number of hydrogen-bond donors (Lipinski definition) is 0. The van der Waals surface area contributed by atoms with E-state index in [2.05, 4.69) is 79.1 Å². The van der Waals surface area contributed by atoms with Crippen molar-refractivity contribution in [3.8, 4) is 102 Å². The second-order valence-corrected chi connectivity index (χ2v) is 22.3. The molecular weight excluding hydrogens is 1140 g/mol. The van der Waals surface area contributed by atoms with Gasteiger partial charge >= 0.3 is 12.4 Å². The third-order valence-electron chi connectivity index (χ3n) is 16.4. The molecule has 0 aliphatic heterocycles. The highest BCUT2D eigenvalue weighted by Crippen LogP contribution is 2.44. The summed E-state index contributed by atoms with van der Waals surface area (Å²) in [5.74, 6) is 2.38. The lowest BCUT2D eigenvalue weighted by molar-refractivity contribution is -0.138. The van der Waals surface area contributed by atoms with Crippen LogP contribution in [0.5, 0.6) is 0 Å². The maximum Gasteiger partial charge on any atom is 0.416 e. The van der Waals surface area contributed by atoms with Gasteiger partial charge in [0.1, 0.15) is 0 Å². The largest absolute Gasteiger partial charge is 0.416 e. The van der Waals surface area contributed by atoms with Crippen molar-refractivity contribution in [1.29, 1.82) is 0 Å². The van der Waals surface area contributed by atoms with E-state index >= 15 is 0 Å². The van der Waals surface area contributed by atoms with E-state index in [0.717, 1.165) is 96.3 Å². The van der Waals surface area contributed by atoms with Gasteiger partial charge in [-0.3, -0.25) is 0 Å². The van der Waals surface area contributed by atoms with Crippen LogP contribution in [-0.4, -0.2) is 39.0 Å². The Morgan fingerprint density at radius 2 is 0.544 bits per heavy atom. The molecule has 0 fully saturated rings. The monoisotopic (exact) mass is 1190 g/mol. The van der Waals surface area contributed by atoms with E-state index in [1.807, 2.05) is 158 Å². The molecule has 0 spiro atoms. The third-order valence-corrected chi connectivity index (χ3v) is 16.4. The lowest BCUT2D eigenvalue weighted by atomic mass is 9.95.